The molecule has 0 aliphatic carbocycles. The quantitative estimate of drug-likeness (QED) is 0.557. The second-order valence-electron chi connectivity index (χ2n) is 1.72. The lowest BCUT2D eigenvalue weighted by Gasteiger charge is -1.96. The average molecular weight is 256 g/mol. The number of aromatic hydroxyl groups is 1. The van der Waals surface area contributed by atoms with Crippen LogP contribution in [0.1, 0.15) is 0 Å². The maximum Gasteiger partial charge on any atom is 0.178 e. The molecule has 1 nitrogen and oxygen atoms in total. The van der Waals surface area contributed by atoms with Gasteiger partial charge in [0.15, 0.2) is 11.6 Å². The van der Waals surface area contributed by atoms with Gasteiger partial charge in [-0.3, -0.25) is 0 Å². The molecule has 0 amide bonds. The lowest BCUT2D eigenvalue weighted by molar-refractivity contribution is 0.424. The number of phenols is 1. The molecule has 0 aliphatic heterocycles. The van der Waals surface area contributed by atoms with Crippen molar-refractivity contribution in [1.29, 1.82) is 0 Å². The van der Waals surface area contributed by atoms with E-state index >= 15 is 0 Å². The summed E-state index contributed by atoms with van der Waals surface area (Å²) in [6.45, 7) is 0. The highest BCUT2D eigenvalue weighted by Crippen LogP contribution is 2.21. The fourth-order valence-corrected chi connectivity index (χ4v) is 1.12. The number of halogens is 3. The molecule has 0 heterocycles. The third-order valence-corrected chi connectivity index (χ3v) is 1.76. The third-order valence-electron chi connectivity index (χ3n) is 0.974. The zero-order chi connectivity index (χ0) is 7.72. The van der Waals surface area contributed by atoms with Gasteiger partial charge in [-0.2, -0.15) is 0 Å². The Hall–Kier alpha value is -0.390. The Balaban J connectivity index is 3.31. The molecule has 0 saturated heterocycles. The summed E-state index contributed by atoms with van der Waals surface area (Å²) in [5.41, 5.74) is 0. The van der Waals surface area contributed by atoms with Crippen molar-refractivity contribution in [1.82, 2.24) is 0 Å². The van der Waals surface area contributed by atoms with Crippen LogP contribution in [0.4, 0.5) is 8.78 Å². The van der Waals surface area contributed by atoms with E-state index in [1.807, 2.05) is 0 Å². The van der Waals surface area contributed by atoms with Crippen LogP contribution in [0.3, 0.4) is 0 Å². The molecule has 0 aliphatic rings. The Bertz CT molecular complexity index is 239. The first-order chi connectivity index (χ1) is 4.61. The standard InChI is InChI=1S/C6H3F2IO/c7-3-1-4(9)6(8)5(10)2-3/h1-2,10H. The van der Waals surface area contributed by atoms with Gasteiger partial charge in [0.2, 0.25) is 0 Å². The van der Waals surface area contributed by atoms with Crippen LogP contribution >= 0.6 is 22.6 Å². The van der Waals surface area contributed by atoms with Crippen LogP contribution < -0.4 is 0 Å². The zero-order valence-corrected chi connectivity index (χ0v) is 6.89. The van der Waals surface area contributed by atoms with Crippen molar-refractivity contribution in [2.75, 3.05) is 0 Å². The number of hydrogen-bond donors (Lipinski definition) is 1. The van der Waals surface area contributed by atoms with Crippen LogP contribution in [0.5, 0.6) is 5.75 Å². The first-order valence-corrected chi connectivity index (χ1v) is 3.52. The smallest absolute Gasteiger partial charge is 0.178 e. The van der Waals surface area contributed by atoms with Crippen molar-refractivity contribution < 1.29 is 13.9 Å². The third kappa shape index (κ3) is 1.36. The van der Waals surface area contributed by atoms with Crippen LogP contribution in [-0.2, 0) is 0 Å². The van der Waals surface area contributed by atoms with Crippen molar-refractivity contribution >= 4 is 22.6 Å². The van der Waals surface area contributed by atoms with Crippen LogP contribution in [0.25, 0.3) is 0 Å². The Morgan fingerprint density at radius 3 is 2.40 bits per heavy atom. The Morgan fingerprint density at radius 2 is 1.90 bits per heavy atom. The van der Waals surface area contributed by atoms with Gasteiger partial charge in [-0.15, -0.1) is 0 Å². The van der Waals surface area contributed by atoms with Crippen molar-refractivity contribution in [2.24, 2.45) is 0 Å². The highest BCUT2D eigenvalue weighted by Gasteiger charge is 2.06. The average Bonchev–Trinajstić information content (AvgIpc) is 1.82. The van der Waals surface area contributed by atoms with Crippen molar-refractivity contribution in [3.05, 3.63) is 27.3 Å². The fourth-order valence-electron chi connectivity index (χ4n) is 0.542. The van der Waals surface area contributed by atoms with Gasteiger partial charge in [-0.05, 0) is 28.7 Å². The van der Waals surface area contributed by atoms with Gasteiger partial charge in [0.25, 0.3) is 0 Å². The largest absolute Gasteiger partial charge is 0.505 e. The molecule has 1 rings (SSSR count). The monoisotopic (exact) mass is 256 g/mol. The van der Waals surface area contributed by atoms with E-state index in [-0.39, 0.29) is 3.57 Å². The SMILES string of the molecule is Oc1cc(F)cc(I)c1F. The lowest BCUT2D eigenvalue weighted by Crippen LogP contribution is -1.84. The Morgan fingerprint density at radius 1 is 1.30 bits per heavy atom. The molecular formula is C6H3F2IO. The summed E-state index contributed by atoms with van der Waals surface area (Å²) in [5, 5.41) is 8.66. The lowest BCUT2D eigenvalue weighted by atomic mass is 10.3. The van der Waals surface area contributed by atoms with E-state index < -0.39 is 17.4 Å². The number of hydrogen-bond acceptors (Lipinski definition) is 1. The van der Waals surface area contributed by atoms with Crippen LogP contribution in [0.15, 0.2) is 12.1 Å². The summed E-state index contributed by atoms with van der Waals surface area (Å²) in [5.74, 6) is -2.06. The molecule has 54 valence electrons. The van der Waals surface area contributed by atoms with Gasteiger partial charge in [0.1, 0.15) is 5.82 Å². The molecule has 1 N–H and O–H groups in total. The van der Waals surface area contributed by atoms with E-state index in [4.69, 9.17) is 5.11 Å². The van der Waals surface area contributed by atoms with Gasteiger partial charge >= 0.3 is 0 Å². The predicted molar refractivity (Wildman–Crippen MR) is 40.7 cm³/mol. The molecule has 0 fully saturated rings. The second-order valence-corrected chi connectivity index (χ2v) is 2.88. The van der Waals surface area contributed by atoms with Crippen LogP contribution in [0.2, 0.25) is 0 Å². The Labute approximate surface area is 69.8 Å². The molecule has 0 bridgehead atoms. The van der Waals surface area contributed by atoms with Gasteiger partial charge in [-0.25, -0.2) is 8.78 Å². The predicted octanol–water partition coefficient (Wildman–Crippen LogP) is 2.28. The minimum atomic E-state index is -0.776. The topological polar surface area (TPSA) is 20.2 Å². The van der Waals surface area contributed by atoms with Crippen LogP contribution in [-0.4, -0.2) is 5.11 Å². The van der Waals surface area contributed by atoms with E-state index in [0.717, 1.165) is 12.1 Å². The van der Waals surface area contributed by atoms with Crippen molar-refractivity contribution in [3.8, 4) is 5.75 Å². The van der Waals surface area contributed by atoms with Gasteiger partial charge in [-0.1, -0.05) is 0 Å². The molecule has 0 unspecified atom stereocenters. The number of rotatable bonds is 0. The molecule has 0 radical (unpaired) electrons. The molecule has 1 aromatic carbocycles. The number of benzene rings is 1. The number of phenolic OH excluding ortho intramolecular Hbond substituents is 1. The molecule has 0 atom stereocenters. The Kier molecular flexibility index (Phi) is 2.08. The summed E-state index contributed by atoms with van der Waals surface area (Å²) < 4.78 is 24.8. The van der Waals surface area contributed by atoms with Gasteiger partial charge < -0.3 is 5.11 Å². The summed E-state index contributed by atoms with van der Waals surface area (Å²) in [6, 6.07) is 1.74. The molecule has 0 saturated carbocycles. The molecule has 0 aromatic heterocycles. The first-order valence-electron chi connectivity index (χ1n) is 2.45. The molecular weight excluding hydrogens is 253 g/mol. The highest BCUT2D eigenvalue weighted by molar-refractivity contribution is 14.1. The van der Waals surface area contributed by atoms with E-state index in [0.29, 0.717) is 0 Å². The normalized spacial score (nSPS) is 9.90. The minimum Gasteiger partial charge on any atom is -0.505 e. The molecule has 10 heavy (non-hydrogen) atoms. The van der Waals surface area contributed by atoms with E-state index in [2.05, 4.69) is 0 Å². The molecule has 1 aromatic rings. The van der Waals surface area contributed by atoms with Crippen LogP contribution in [0, 0.1) is 15.2 Å². The summed E-state index contributed by atoms with van der Waals surface area (Å²) in [4.78, 5) is 0. The summed E-state index contributed by atoms with van der Waals surface area (Å²) >= 11 is 1.60. The van der Waals surface area contributed by atoms with Crippen molar-refractivity contribution in [2.45, 2.75) is 0 Å². The van der Waals surface area contributed by atoms with E-state index in [1.165, 1.54) is 0 Å². The van der Waals surface area contributed by atoms with Gasteiger partial charge in [0.05, 0.1) is 3.57 Å². The van der Waals surface area contributed by atoms with E-state index in [9.17, 15) is 8.78 Å². The maximum atomic E-state index is 12.5. The fraction of sp³-hybridized carbons (Fsp3) is 0. The van der Waals surface area contributed by atoms with E-state index in [1.54, 1.807) is 22.6 Å². The molecule has 0 spiro atoms. The summed E-state index contributed by atoms with van der Waals surface area (Å²) in [6.07, 6.45) is 0. The summed E-state index contributed by atoms with van der Waals surface area (Å²) in [7, 11) is 0. The van der Waals surface area contributed by atoms with Gasteiger partial charge in [0, 0.05) is 6.07 Å². The maximum absolute atomic E-state index is 12.5. The molecule has 4 heteroatoms. The minimum absolute atomic E-state index is 0.0788. The second kappa shape index (κ2) is 2.69. The first kappa shape index (κ1) is 7.71. The zero-order valence-electron chi connectivity index (χ0n) is 4.74. The highest BCUT2D eigenvalue weighted by atomic mass is 127. The van der Waals surface area contributed by atoms with Crippen molar-refractivity contribution in [3.63, 3.8) is 0 Å².